The molecule has 0 radical (unpaired) electrons. The van der Waals surface area contributed by atoms with Crippen molar-refractivity contribution in [1.29, 1.82) is 0 Å². The summed E-state index contributed by atoms with van der Waals surface area (Å²) in [7, 11) is -2.41. The zero-order valence-corrected chi connectivity index (χ0v) is 20.6. The molecule has 0 aromatic heterocycles. The van der Waals surface area contributed by atoms with Gasteiger partial charge in [0, 0.05) is 5.02 Å². The van der Waals surface area contributed by atoms with Crippen molar-refractivity contribution in [3.05, 3.63) is 88.4 Å². The Hall–Kier alpha value is -3.03. The molecule has 0 aliphatic rings. The lowest BCUT2D eigenvalue weighted by Crippen LogP contribution is -2.41. The maximum Gasteiger partial charge on any atom is 0.264 e. The quantitative estimate of drug-likeness (QED) is 0.484. The smallest absolute Gasteiger partial charge is 0.264 e. The van der Waals surface area contributed by atoms with Crippen LogP contribution in [0.5, 0.6) is 5.75 Å². The number of rotatable bonds is 8. The molecular formula is C25H27ClN2O4S. The first-order valence-corrected chi connectivity index (χ1v) is 12.2. The highest BCUT2D eigenvalue weighted by molar-refractivity contribution is 7.92. The van der Waals surface area contributed by atoms with E-state index >= 15 is 0 Å². The number of carbonyl (C=O) groups excluding carboxylic acids is 1. The molecule has 0 saturated heterocycles. The molecule has 3 aromatic carbocycles. The van der Waals surface area contributed by atoms with E-state index in [9.17, 15) is 13.2 Å². The molecule has 1 amide bonds. The van der Waals surface area contributed by atoms with Crippen molar-refractivity contribution in [2.24, 2.45) is 0 Å². The minimum absolute atomic E-state index is 0.110. The lowest BCUT2D eigenvalue weighted by molar-refractivity contribution is -0.120. The average Bonchev–Trinajstić information content (AvgIpc) is 2.78. The van der Waals surface area contributed by atoms with Crippen LogP contribution < -0.4 is 14.4 Å². The third-order valence-corrected chi connectivity index (χ3v) is 7.33. The summed E-state index contributed by atoms with van der Waals surface area (Å²) in [6.07, 6.45) is 0. The first kappa shape index (κ1) is 24.6. The van der Waals surface area contributed by atoms with Gasteiger partial charge in [0.2, 0.25) is 5.91 Å². The molecule has 3 rings (SSSR count). The number of ether oxygens (including phenoxy) is 1. The number of anilines is 1. The third kappa shape index (κ3) is 5.86. The van der Waals surface area contributed by atoms with E-state index in [4.69, 9.17) is 16.3 Å². The molecule has 1 atom stereocenters. The number of hydrogen-bond acceptors (Lipinski definition) is 4. The SMILES string of the molecule is COc1ccc([C@H](C)NC(=O)CN(c2ccc(Cl)cc2C)S(=O)(=O)c2ccc(C)cc2)cc1. The monoisotopic (exact) mass is 486 g/mol. The lowest BCUT2D eigenvalue weighted by atomic mass is 10.1. The van der Waals surface area contributed by atoms with Gasteiger partial charge in [-0.1, -0.05) is 41.4 Å². The van der Waals surface area contributed by atoms with Gasteiger partial charge in [0.15, 0.2) is 0 Å². The van der Waals surface area contributed by atoms with Crippen molar-refractivity contribution in [2.45, 2.75) is 31.7 Å². The number of sulfonamides is 1. The van der Waals surface area contributed by atoms with Gasteiger partial charge in [-0.25, -0.2) is 8.42 Å². The molecular weight excluding hydrogens is 460 g/mol. The Morgan fingerprint density at radius 1 is 1.03 bits per heavy atom. The minimum Gasteiger partial charge on any atom is -0.497 e. The Balaban J connectivity index is 1.90. The topological polar surface area (TPSA) is 75.7 Å². The fourth-order valence-electron chi connectivity index (χ4n) is 3.43. The Morgan fingerprint density at radius 2 is 1.67 bits per heavy atom. The van der Waals surface area contributed by atoms with Gasteiger partial charge in [0.25, 0.3) is 10.0 Å². The maximum atomic E-state index is 13.5. The van der Waals surface area contributed by atoms with Gasteiger partial charge in [-0.05, 0) is 74.4 Å². The zero-order valence-electron chi connectivity index (χ0n) is 19.0. The van der Waals surface area contributed by atoms with E-state index < -0.39 is 15.9 Å². The largest absolute Gasteiger partial charge is 0.497 e. The van der Waals surface area contributed by atoms with Crippen molar-refractivity contribution >= 4 is 33.2 Å². The van der Waals surface area contributed by atoms with E-state index in [1.165, 1.54) is 0 Å². The molecule has 0 bridgehead atoms. The van der Waals surface area contributed by atoms with Crippen molar-refractivity contribution in [3.8, 4) is 5.75 Å². The highest BCUT2D eigenvalue weighted by Crippen LogP contribution is 2.29. The number of nitrogens with one attached hydrogen (secondary N) is 1. The summed E-state index contributed by atoms with van der Waals surface area (Å²) in [5, 5.41) is 3.37. The predicted octanol–water partition coefficient (Wildman–Crippen LogP) is 5.04. The normalized spacial score (nSPS) is 12.2. The third-order valence-electron chi connectivity index (χ3n) is 5.32. The summed E-state index contributed by atoms with van der Waals surface area (Å²) in [6, 6.07) is 18.4. The number of halogens is 1. The number of amides is 1. The molecule has 0 saturated carbocycles. The molecule has 0 aliphatic heterocycles. The van der Waals surface area contributed by atoms with E-state index in [-0.39, 0.29) is 17.5 Å². The van der Waals surface area contributed by atoms with Gasteiger partial charge in [-0.15, -0.1) is 0 Å². The molecule has 174 valence electrons. The van der Waals surface area contributed by atoms with Crippen molar-refractivity contribution in [2.75, 3.05) is 18.0 Å². The highest BCUT2D eigenvalue weighted by Gasteiger charge is 2.28. The van der Waals surface area contributed by atoms with Crippen LogP contribution in [0, 0.1) is 13.8 Å². The molecule has 0 aliphatic carbocycles. The highest BCUT2D eigenvalue weighted by atomic mass is 35.5. The lowest BCUT2D eigenvalue weighted by Gasteiger charge is -2.26. The van der Waals surface area contributed by atoms with Crippen molar-refractivity contribution in [3.63, 3.8) is 0 Å². The van der Waals surface area contributed by atoms with Crippen LogP contribution in [0.1, 0.15) is 29.7 Å². The Kier molecular flexibility index (Phi) is 7.66. The maximum absolute atomic E-state index is 13.5. The Bertz CT molecular complexity index is 1230. The van der Waals surface area contributed by atoms with E-state index in [0.717, 1.165) is 15.4 Å². The Labute approximate surface area is 200 Å². The molecule has 6 nitrogen and oxygen atoms in total. The van der Waals surface area contributed by atoms with Crippen LogP contribution in [-0.2, 0) is 14.8 Å². The van der Waals surface area contributed by atoms with Crippen LogP contribution in [0.4, 0.5) is 5.69 Å². The molecule has 33 heavy (non-hydrogen) atoms. The molecule has 0 fully saturated rings. The first-order chi connectivity index (χ1) is 15.6. The fourth-order valence-corrected chi connectivity index (χ4v) is 5.14. The van der Waals surface area contributed by atoms with Gasteiger partial charge >= 0.3 is 0 Å². The molecule has 8 heteroatoms. The van der Waals surface area contributed by atoms with E-state index in [0.29, 0.717) is 22.0 Å². The van der Waals surface area contributed by atoms with Gasteiger partial charge in [0.05, 0.1) is 23.7 Å². The number of methoxy groups -OCH3 is 1. The van der Waals surface area contributed by atoms with Gasteiger partial charge in [0.1, 0.15) is 12.3 Å². The average molecular weight is 487 g/mol. The minimum atomic E-state index is -4.00. The molecule has 3 aromatic rings. The van der Waals surface area contributed by atoms with Crippen molar-refractivity contribution < 1.29 is 17.9 Å². The summed E-state index contributed by atoms with van der Waals surface area (Å²) in [5.74, 6) is 0.286. The van der Waals surface area contributed by atoms with E-state index in [2.05, 4.69) is 5.32 Å². The van der Waals surface area contributed by atoms with Crippen LogP contribution in [-0.4, -0.2) is 28.0 Å². The number of hydrogen-bond donors (Lipinski definition) is 1. The van der Waals surface area contributed by atoms with Crippen LogP contribution in [0.25, 0.3) is 0 Å². The Morgan fingerprint density at radius 3 is 2.24 bits per heavy atom. The molecule has 0 unspecified atom stereocenters. The van der Waals surface area contributed by atoms with Crippen LogP contribution in [0.3, 0.4) is 0 Å². The van der Waals surface area contributed by atoms with Gasteiger partial charge < -0.3 is 10.1 Å². The second kappa shape index (κ2) is 10.3. The van der Waals surface area contributed by atoms with Gasteiger partial charge in [-0.2, -0.15) is 0 Å². The number of nitrogens with zero attached hydrogens (tertiary/aromatic N) is 1. The van der Waals surface area contributed by atoms with Crippen LogP contribution in [0.2, 0.25) is 5.02 Å². The predicted molar refractivity (Wildman–Crippen MR) is 131 cm³/mol. The van der Waals surface area contributed by atoms with Crippen molar-refractivity contribution in [1.82, 2.24) is 5.32 Å². The summed E-state index contributed by atoms with van der Waals surface area (Å²) < 4.78 is 33.4. The second-order valence-electron chi connectivity index (χ2n) is 7.82. The number of benzene rings is 3. The molecule has 0 spiro atoms. The summed E-state index contributed by atoms with van der Waals surface area (Å²) >= 11 is 6.08. The number of aryl methyl sites for hydroxylation is 2. The number of carbonyl (C=O) groups is 1. The molecule has 1 N–H and O–H groups in total. The standard InChI is InChI=1S/C25H27ClN2O4S/c1-17-5-12-23(13-6-17)33(30,31)28(24-14-9-21(26)15-18(24)2)16-25(29)27-19(3)20-7-10-22(32-4)11-8-20/h5-15,19H,16H2,1-4H3,(H,27,29)/t19-/m0/s1. The summed E-state index contributed by atoms with van der Waals surface area (Å²) in [5.41, 5.74) is 2.86. The molecule has 0 heterocycles. The van der Waals surface area contributed by atoms with E-state index in [1.54, 1.807) is 56.5 Å². The van der Waals surface area contributed by atoms with Crippen LogP contribution in [0.15, 0.2) is 71.6 Å². The first-order valence-electron chi connectivity index (χ1n) is 10.4. The fraction of sp³-hybridized carbons (Fsp3) is 0.240. The van der Waals surface area contributed by atoms with Gasteiger partial charge in [-0.3, -0.25) is 9.10 Å². The summed E-state index contributed by atoms with van der Waals surface area (Å²) in [4.78, 5) is 13.1. The second-order valence-corrected chi connectivity index (χ2v) is 10.1. The zero-order chi connectivity index (χ0) is 24.2. The van der Waals surface area contributed by atoms with E-state index in [1.807, 2.05) is 38.1 Å². The summed E-state index contributed by atoms with van der Waals surface area (Å²) in [6.45, 7) is 5.10. The van der Waals surface area contributed by atoms with Crippen LogP contribution >= 0.6 is 11.6 Å².